The van der Waals surface area contributed by atoms with Gasteiger partial charge < -0.3 is 10.5 Å². The normalized spacial score (nSPS) is 16.0. The molecule has 0 radical (unpaired) electrons. The van der Waals surface area contributed by atoms with Gasteiger partial charge in [-0.05, 0) is 37.0 Å². The summed E-state index contributed by atoms with van der Waals surface area (Å²) in [6.07, 6.45) is 2.51. The van der Waals surface area contributed by atoms with E-state index in [1.165, 1.54) is 12.8 Å². The highest BCUT2D eigenvalue weighted by molar-refractivity contribution is 6.32. The zero-order chi connectivity index (χ0) is 12.3. The Labute approximate surface area is 111 Å². The lowest BCUT2D eigenvalue weighted by atomic mass is 10.3. The van der Waals surface area contributed by atoms with Crippen LogP contribution in [0.25, 0.3) is 0 Å². The Bertz CT molecular complexity index is 431. The Kier molecular flexibility index (Phi) is 4.13. The molecule has 2 rings (SSSR count). The van der Waals surface area contributed by atoms with E-state index in [9.17, 15) is 0 Å². The van der Waals surface area contributed by atoms with Crippen molar-refractivity contribution in [3.63, 3.8) is 0 Å². The van der Waals surface area contributed by atoms with Crippen molar-refractivity contribution >= 4 is 34.7 Å². The molecule has 0 aromatic heterocycles. The lowest BCUT2D eigenvalue weighted by molar-refractivity contribution is 0.300. The fourth-order valence-corrected chi connectivity index (χ4v) is 1.65. The van der Waals surface area contributed by atoms with Crippen LogP contribution in [0.15, 0.2) is 23.2 Å². The number of amidine groups is 1. The molecule has 2 N–H and O–H groups in total. The maximum Gasteiger partial charge on any atom is 0.138 e. The second-order valence-corrected chi connectivity index (χ2v) is 4.78. The SMILES string of the molecule is NC(CCl)=Nc1ccc(OCC2CC2)c(Cl)c1. The molecule has 0 saturated heterocycles. The molecular formula is C12H14Cl2N2O. The van der Waals surface area contributed by atoms with Crippen LogP contribution in [0.1, 0.15) is 12.8 Å². The van der Waals surface area contributed by atoms with Gasteiger partial charge >= 0.3 is 0 Å². The number of hydrogen-bond donors (Lipinski definition) is 1. The van der Waals surface area contributed by atoms with E-state index in [1.807, 2.05) is 12.1 Å². The van der Waals surface area contributed by atoms with Gasteiger partial charge in [0.1, 0.15) is 11.6 Å². The van der Waals surface area contributed by atoms with Crippen molar-refractivity contribution in [2.24, 2.45) is 16.6 Å². The van der Waals surface area contributed by atoms with Gasteiger partial charge in [0.05, 0.1) is 23.2 Å². The number of alkyl halides is 1. The van der Waals surface area contributed by atoms with E-state index in [-0.39, 0.29) is 5.88 Å². The van der Waals surface area contributed by atoms with Crippen molar-refractivity contribution in [1.29, 1.82) is 0 Å². The molecular weight excluding hydrogens is 259 g/mol. The second-order valence-electron chi connectivity index (χ2n) is 4.11. The first-order chi connectivity index (χ1) is 8.19. The van der Waals surface area contributed by atoms with Crippen LogP contribution in [0.4, 0.5) is 5.69 Å². The van der Waals surface area contributed by atoms with E-state index >= 15 is 0 Å². The summed E-state index contributed by atoms with van der Waals surface area (Å²) in [5.41, 5.74) is 6.23. The van der Waals surface area contributed by atoms with Crippen LogP contribution < -0.4 is 10.5 Å². The molecule has 1 fully saturated rings. The highest BCUT2D eigenvalue weighted by Gasteiger charge is 2.22. The summed E-state index contributed by atoms with van der Waals surface area (Å²) in [6, 6.07) is 5.35. The van der Waals surface area contributed by atoms with Crippen molar-refractivity contribution in [3.8, 4) is 5.75 Å². The van der Waals surface area contributed by atoms with Crippen LogP contribution in [0.3, 0.4) is 0 Å². The van der Waals surface area contributed by atoms with Crippen molar-refractivity contribution in [3.05, 3.63) is 23.2 Å². The van der Waals surface area contributed by atoms with Crippen molar-refractivity contribution in [2.45, 2.75) is 12.8 Å². The van der Waals surface area contributed by atoms with Crippen LogP contribution in [0, 0.1) is 5.92 Å². The molecule has 1 saturated carbocycles. The lowest BCUT2D eigenvalue weighted by Crippen LogP contribution is -2.12. The molecule has 0 spiro atoms. The third kappa shape index (κ3) is 3.79. The van der Waals surface area contributed by atoms with Crippen LogP contribution >= 0.6 is 23.2 Å². The quantitative estimate of drug-likeness (QED) is 0.508. The largest absolute Gasteiger partial charge is 0.492 e. The summed E-state index contributed by atoms with van der Waals surface area (Å²) in [5, 5.41) is 0.550. The van der Waals surface area contributed by atoms with E-state index in [4.69, 9.17) is 33.7 Å². The van der Waals surface area contributed by atoms with Gasteiger partial charge in [0.15, 0.2) is 0 Å². The summed E-state index contributed by atoms with van der Waals surface area (Å²) in [4.78, 5) is 4.11. The molecule has 1 aliphatic rings. The van der Waals surface area contributed by atoms with Gasteiger partial charge in [-0.2, -0.15) is 0 Å². The zero-order valence-electron chi connectivity index (χ0n) is 9.33. The number of nitrogens with zero attached hydrogens (tertiary/aromatic N) is 1. The average Bonchev–Trinajstić information content (AvgIpc) is 3.12. The average molecular weight is 273 g/mol. The summed E-state index contributed by atoms with van der Waals surface area (Å²) in [6.45, 7) is 0.742. The van der Waals surface area contributed by atoms with Crippen molar-refractivity contribution in [2.75, 3.05) is 12.5 Å². The maximum atomic E-state index is 6.09. The Balaban J connectivity index is 2.04. The van der Waals surface area contributed by atoms with E-state index in [0.29, 0.717) is 28.2 Å². The number of rotatable bonds is 5. The summed E-state index contributed by atoms with van der Waals surface area (Å²) in [5.74, 6) is 1.98. The topological polar surface area (TPSA) is 47.6 Å². The Morgan fingerprint density at radius 2 is 2.24 bits per heavy atom. The highest BCUT2D eigenvalue weighted by Crippen LogP contribution is 2.33. The van der Waals surface area contributed by atoms with Crippen molar-refractivity contribution < 1.29 is 4.74 Å². The first kappa shape index (κ1) is 12.5. The molecule has 1 aliphatic carbocycles. The van der Waals surface area contributed by atoms with E-state index in [2.05, 4.69) is 4.99 Å². The van der Waals surface area contributed by atoms with E-state index in [0.717, 1.165) is 6.61 Å². The van der Waals surface area contributed by atoms with E-state index < -0.39 is 0 Å². The number of nitrogens with two attached hydrogens (primary N) is 1. The Hall–Kier alpha value is -0.930. The van der Waals surface area contributed by atoms with Crippen LogP contribution in [-0.4, -0.2) is 18.3 Å². The molecule has 0 unspecified atom stereocenters. The zero-order valence-corrected chi connectivity index (χ0v) is 10.8. The van der Waals surface area contributed by atoms with Gasteiger partial charge in [0.25, 0.3) is 0 Å². The third-order valence-electron chi connectivity index (χ3n) is 2.50. The molecule has 17 heavy (non-hydrogen) atoms. The first-order valence-electron chi connectivity index (χ1n) is 5.50. The van der Waals surface area contributed by atoms with Gasteiger partial charge in [0.2, 0.25) is 0 Å². The number of hydrogen-bond acceptors (Lipinski definition) is 2. The molecule has 3 nitrogen and oxygen atoms in total. The molecule has 0 heterocycles. The molecule has 0 bridgehead atoms. The Morgan fingerprint density at radius 3 is 2.82 bits per heavy atom. The molecule has 1 aromatic carbocycles. The van der Waals surface area contributed by atoms with Gasteiger partial charge in [-0.25, -0.2) is 4.99 Å². The smallest absolute Gasteiger partial charge is 0.138 e. The molecule has 92 valence electrons. The molecule has 0 amide bonds. The highest BCUT2D eigenvalue weighted by atomic mass is 35.5. The fraction of sp³-hybridized carbons (Fsp3) is 0.417. The summed E-state index contributed by atoms with van der Waals surface area (Å²) in [7, 11) is 0. The van der Waals surface area contributed by atoms with E-state index in [1.54, 1.807) is 6.07 Å². The standard InChI is InChI=1S/C12H14Cl2N2O/c13-6-12(15)16-9-3-4-11(10(14)5-9)17-7-8-1-2-8/h3-5,8H,1-2,6-7H2,(H2,15,16). The second kappa shape index (κ2) is 5.61. The van der Waals surface area contributed by atoms with Crippen LogP contribution in [0.2, 0.25) is 5.02 Å². The Morgan fingerprint density at radius 1 is 1.47 bits per heavy atom. The maximum absolute atomic E-state index is 6.09. The fourth-order valence-electron chi connectivity index (χ4n) is 1.36. The van der Waals surface area contributed by atoms with Gasteiger partial charge in [-0.3, -0.25) is 0 Å². The number of benzene rings is 1. The minimum absolute atomic E-state index is 0.206. The summed E-state index contributed by atoms with van der Waals surface area (Å²) < 4.78 is 5.61. The number of ether oxygens (including phenoxy) is 1. The minimum Gasteiger partial charge on any atom is -0.492 e. The van der Waals surface area contributed by atoms with Crippen LogP contribution in [0.5, 0.6) is 5.75 Å². The third-order valence-corrected chi connectivity index (χ3v) is 3.07. The molecule has 1 aromatic rings. The van der Waals surface area contributed by atoms with Crippen molar-refractivity contribution in [1.82, 2.24) is 0 Å². The first-order valence-corrected chi connectivity index (χ1v) is 6.41. The predicted molar refractivity (Wildman–Crippen MR) is 71.7 cm³/mol. The molecule has 0 aliphatic heterocycles. The monoisotopic (exact) mass is 272 g/mol. The van der Waals surface area contributed by atoms with Gasteiger partial charge in [-0.1, -0.05) is 11.6 Å². The van der Waals surface area contributed by atoms with Crippen LogP contribution in [-0.2, 0) is 0 Å². The minimum atomic E-state index is 0.206. The predicted octanol–water partition coefficient (Wildman–Crippen LogP) is 3.36. The molecule has 0 atom stereocenters. The van der Waals surface area contributed by atoms with Gasteiger partial charge in [-0.15, -0.1) is 11.6 Å². The molecule has 5 heteroatoms. The number of halogens is 2. The number of aliphatic imine (C=N–C) groups is 1. The van der Waals surface area contributed by atoms with Gasteiger partial charge in [0, 0.05) is 0 Å². The lowest BCUT2D eigenvalue weighted by Gasteiger charge is -2.07. The summed E-state index contributed by atoms with van der Waals surface area (Å²) >= 11 is 11.6.